The molecule has 0 atom stereocenters. The summed E-state index contributed by atoms with van der Waals surface area (Å²) in [5.74, 6) is -0.567. The summed E-state index contributed by atoms with van der Waals surface area (Å²) in [5.41, 5.74) is 2.87. The largest absolute Gasteiger partial charge is 0.269 e. The van der Waals surface area contributed by atoms with Gasteiger partial charge in [0.1, 0.15) is 4.90 Å². The highest BCUT2D eigenvalue weighted by atomic mass is 35.5. The van der Waals surface area contributed by atoms with Crippen molar-refractivity contribution in [1.29, 1.82) is 0 Å². The lowest BCUT2D eigenvalue weighted by Crippen LogP contribution is -2.29. The third-order valence-electron chi connectivity index (χ3n) is 5.30. The summed E-state index contributed by atoms with van der Waals surface area (Å²) in [4.78, 5) is 17.4. The molecule has 1 aliphatic rings. The molecule has 31 heavy (non-hydrogen) atoms. The molecular formula is C23H14Cl2N2O3S. The van der Waals surface area contributed by atoms with Crippen molar-refractivity contribution in [2.75, 3.05) is 0 Å². The fourth-order valence-corrected chi connectivity index (χ4v) is 5.82. The van der Waals surface area contributed by atoms with Crippen LogP contribution in [0.1, 0.15) is 15.9 Å². The molecule has 2 heterocycles. The molecule has 1 amide bonds. The molecule has 4 aromatic rings. The Bertz CT molecular complexity index is 1480. The van der Waals surface area contributed by atoms with Crippen molar-refractivity contribution in [1.82, 2.24) is 9.29 Å². The molecule has 0 fully saturated rings. The van der Waals surface area contributed by atoms with Gasteiger partial charge in [0.05, 0.1) is 17.6 Å². The zero-order valence-corrected chi connectivity index (χ0v) is 18.2. The van der Waals surface area contributed by atoms with Crippen molar-refractivity contribution in [3.63, 3.8) is 0 Å². The zero-order valence-electron chi connectivity index (χ0n) is 15.9. The minimum atomic E-state index is -3.97. The first-order valence-corrected chi connectivity index (χ1v) is 11.5. The maximum Gasteiger partial charge on any atom is 0.269 e. The van der Waals surface area contributed by atoms with Gasteiger partial charge in [-0.1, -0.05) is 53.5 Å². The van der Waals surface area contributed by atoms with E-state index in [0.29, 0.717) is 26.7 Å². The van der Waals surface area contributed by atoms with Crippen LogP contribution in [0.5, 0.6) is 0 Å². The number of hydrogen-bond acceptors (Lipinski definition) is 4. The van der Waals surface area contributed by atoms with Gasteiger partial charge in [0.15, 0.2) is 0 Å². The number of pyridine rings is 1. The van der Waals surface area contributed by atoms with E-state index < -0.39 is 15.9 Å². The number of hydrogen-bond donors (Lipinski definition) is 0. The van der Waals surface area contributed by atoms with Crippen molar-refractivity contribution in [2.24, 2.45) is 0 Å². The molecule has 0 saturated heterocycles. The smallest absolute Gasteiger partial charge is 0.268 e. The first-order valence-electron chi connectivity index (χ1n) is 9.35. The van der Waals surface area contributed by atoms with Gasteiger partial charge in [-0.05, 0) is 47.5 Å². The average Bonchev–Trinajstić information content (AvgIpc) is 2.94. The van der Waals surface area contributed by atoms with E-state index in [0.717, 1.165) is 15.2 Å². The number of fused-ring (bicyclic) bond motifs is 2. The molecule has 1 aliphatic heterocycles. The Hall–Kier alpha value is -2.93. The highest BCUT2D eigenvalue weighted by molar-refractivity contribution is 7.90. The number of carbonyl (C=O) groups is 1. The molecule has 5 nitrogen and oxygen atoms in total. The van der Waals surface area contributed by atoms with E-state index in [-0.39, 0.29) is 17.0 Å². The van der Waals surface area contributed by atoms with Gasteiger partial charge in [-0.15, -0.1) is 0 Å². The molecule has 0 spiro atoms. The summed E-state index contributed by atoms with van der Waals surface area (Å²) in [7, 11) is -3.97. The summed E-state index contributed by atoms with van der Waals surface area (Å²) in [6.45, 7) is -0.0735. The van der Waals surface area contributed by atoms with E-state index >= 15 is 0 Å². The Kier molecular flexibility index (Phi) is 4.73. The molecule has 1 aromatic heterocycles. The van der Waals surface area contributed by atoms with Gasteiger partial charge in [0, 0.05) is 27.2 Å². The first-order chi connectivity index (χ1) is 14.9. The van der Waals surface area contributed by atoms with Crippen LogP contribution in [0.3, 0.4) is 0 Å². The normalized spacial score (nSPS) is 14.8. The summed E-state index contributed by atoms with van der Waals surface area (Å²) in [6, 6.07) is 18.8. The number of amides is 1. The van der Waals surface area contributed by atoms with Crippen LogP contribution in [0.4, 0.5) is 0 Å². The van der Waals surface area contributed by atoms with Crippen LogP contribution in [-0.2, 0) is 16.6 Å². The Labute approximate surface area is 188 Å². The van der Waals surface area contributed by atoms with Crippen molar-refractivity contribution in [3.8, 4) is 11.1 Å². The third kappa shape index (κ3) is 3.28. The summed E-state index contributed by atoms with van der Waals surface area (Å²) < 4.78 is 27.2. The van der Waals surface area contributed by atoms with Crippen LogP contribution in [0.15, 0.2) is 77.8 Å². The standard InChI is InChI=1S/C23H14Cl2N2O3S/c24-16-6-7-17(20(25)12-16)14-5-8-22-19(11-14)23(28)27(31(22,29)30)13-15-9-10-26-21-4-2-1-3-18(15)21/h1-12H,13H2. The van der Waals surface area contributed by atoms with Gasteiger partial charge < -0.3 is 0 Å². The second-order valence-corrected chi connectivity index (χ2v) is 9.81. The molecule has 154 valence electrons. The molecule has 0 saturated carbocycles. The molecule has 0 radical (unpaired) electrons. The lowest BCUT2D eigenvalue weighted by atomic mass is 10.0. The predicted molar refractivity (Wildman–Crippen MR) is 121 cm³/mol. The van der Waals surface area contributed by atoms with Gasteiger partial charge >= 0.3 is 0 Å². The van der Waals surface area contributed by atoms with E-state index in [2.05, 4.69) is 4.98 Å². The van der Waals surface area contributed by atoms with E-state index in [1.165, 1.54) is 6.07 Å². The van der Waals surface area contributed by atoms with Crippen LogP contribution in [-0.4, -0.2) is 23.6 Å². The SMILES string of the molecule is O=C1c2cc(-c3ccc(Cl)cc3Cl)ccc2S(=O)(=O)N1Cc1ccnc2ccccc12. The van der Waals surface area contributed by atoms with Crippen molar-refractivity contribution in [3.05, 3.63) is 94.1 Å². The van der Waals surface area contributed by atoms with Crippen molar-refractivity contribution < 1.29 is 13.2 Å². The van der Waals surface area contributed by atoms with Crippen LogP contribution in [0, 0.1) is 0 Å². The number of benzene rings is 3. The predicted octanol–water partition coefficient (Wildman–Crippen LogP) is 5.55. The Morgan fingerprint density at radius 1 is 0.903 bits per heavy atom. The highest BCUT2D eigenvalue weighted by Gasteiger charge is 2.41. The number of nitrogens with zero attached hydrogens (tertiary/aromatic N) is 2. The lowest BCUT2D eigenvalue weighted by molar-refractivity contribution is 0.0865. The Balaban J connectivity index is 1.57. The summed E-state index contributed by atoms with van der Waals surface area (Å²) in [5, 5.41) is 1.71. The molecule has 0 aliphatic carbocycles. The topological polar surface area (TPSA) is 67.3 Å². The molecular weight excluding hydrogens is 455 g/mol. The van der Waals surface area contributed by atoms with E-state index in [1.54, 1.807) is 42.6 Å². The first kappa shape index (κ1) is 20.0. The van der Waals surface area contributed by atoms with Gasteiger partial charge in [-0.2, -0.15) is 0 Å². The van der Waals surface area contributed by atoms with E-state index in [1.807, 2.05) is 24.3 Å². The minimum absolute atomic E-state index is 0.00954. The van der Waals surface area contributed by atoms with E-state index in [4.69, 9.17) is 23.2 Å². The van der Waals surface area contributed by atoms with Crippen molar-refractivity contribution >= 4 is 50.0 Å². The second kappa shape index (κ2) is 7.34. The van der Waals surface area contributed by atoms with Gasteiger partial charge in [0.25, 0.3) is 15.9 Å². The van der Waals surface area contributed by atoms with Gasteiger partial charge in [-0.25, -0.2) is 12.7 Å². The fraction of sp³-hybridized carbons (Fsp3) is 0.0435. The minimum Gasteiger partial charge on any atom is -0.268 e. The molecule has 8 heteroatoms. The highest BCUT2D eigenvalue weighted by Crippen LogP contribution is 2.37. The monoisotopic (exact) mass is 468 g/mol. The maximum atomic E-state index is 13.2. The van der Waals surface area contributed by atoms with Crippen LogP contribution in [0.25, 0.3) is 22.0 Å². The van der Waals surface area contributed by atoms with Crippen LogP contribution in [0.2, 0.25) is 10.0 Å². The van der Waals surface area contributed by atoms with Gasteiger partial charge in [-0.3, -0.25) is 9.78 Å². The second-order valence-electron chi connectivity index (χ2n) is 7.14. The Morgan fingerprint density at radius 2 is 1.71 bits per heavy atom. The molecule has 3 aromatic carbocycles. The quantitative estimate of drug-likeness (QED) is 0.395. The number of carbonyl (C=O) groups excluding carboxylic acids is 1. The Morgan fingerprint density at radius 3 is 2.52 bits per heavy atom. The number of halogens is 2. The lowest BCUT2D eigenvalue weighted by Gasteiger charge is -2.16. The average molecular weight is 469 g/mol. The number of rotatable bonds is 3. The molecule has 0 N–H and O–H groups in total. The van der Waals surface area contributed by atoms with Crippen LogP contribution >= 0.6 is 23.2 Å². The summed E-state index contributed by atoms with van der Waals surface area (Å²) >= 11 is 12.3. The molecule has 0 unspecified atom stereocenters. The number of para-hydroxylation sites is 1. The number of aromatic nitrogens is 1. The summed E-state index contributed by atoms with van der Waals surface area (Å²) in [6.07, 6.45) is 1.61. The van der Waals surface area contributed by atoms with Crippen LogP contribution < -0.4 is 0 Å². The molecule has 0 bridgehead atoms. The van der Waals surface area contributed by atoms with E-state index in [9.17, 15) is 13.2 Å². The maximum absolute atomic E-state index is 13.2. The molecule has 5 rings (SSSR count). The van der Waals surface area contributed by atoms with Crippen molar-refractivity contribution in [2.45, 2.75) is 11.4 Å². The zero-order chi connectivity index (χ0) is 21.8. The number of sulfonamides is 1. The third-order valence-corrected chi connectivity index (χ3v) is 7.63. The van der Waals surface area contributed by atoms with Gasteiger partial charge in [0.2, 0.25) is 0 Å². The fourth-order valence-electron chi connectivity index (χ4n) is 3.78.